The number of aliphatic hydroxyl groups is 1. The van der Waals surface area contributed by atoms with Gasteiger partial charge in [0.2, 0.25) is 5.75 Å². The predicted octanol–water partition coefficient (Wildman–Crippen LogP) is 0.894. The van der Waals surface area contributed by atoms with Gasteiger partial charge >= 0.3 is 5.69 Å². The van der Waals surface area contributed by atoms with E-state index in [1.165, 1.54) is 18.2 Å². The molecule has 1 saturated heterocycles. The lowest BCUT2D eigenvalue weighted by Crippen LogP contribution is -2.30. The third-order valence-electron chi connectivity index (χ3n) is 2.68. The zero-order valence-corrected chi connectivity index (χ0v) is 11.9. The SMILES string of the molecule is O=[N+]([O-])c1cccc(Br)c1OC1CS(=O)(=O)CC1O. The number of hydrogen-bond acceptors (Lipinski definition) is 6. The third-order valence-corrected chi connectivity index (χ3v) is 4.99. The highest BCUT2D eigenvalue weighted by molar-refractivity contribution is 9.10. The van der Waals surface area contributed by atoms with E-state index < -0.39 is 32.7 Å². The fourth-order valence-electron chi connectivity index (χ4n) is 1.82. The van der Waals surface area contributed by atoms with E-state index in [2.05, 4.69) is 15.9 Å². The topological polar surface area (TPSA) is 107 Å². The van der Waals surface area contributed by atoms with Crippen molar-refractivity contribution < 1.29 is 23.2 Å². The Morgan fingerprint density at radius 3 is 2.63 bits per heavy atom. The number of hydrogen-bond donors (Lipinski definition) is 1. The lowest BCUT2D eigenvalue weighted by molar-refractivity contribution is -0.386. The molecule has 9 heteroatoms. The Balaban J connectivity index is 2.32. The summed E-state index contributed by atoms with van der Waals surface area (Å²) in [5, 5.41) is 20.5. The Bertz CT molecular complexity index is 616. The van der Waals surface area contributed by atoms with E-state index in [1.807, 2.05) is 0 Å². The van der Waals surface area contributed by atoms with E-state index in [0.717, 1.165) is 0 Å². The van der Waals surface area contributed by atoms with Gasteiger partial charge in [0.25, 0.3) is 0 Å². The van der Waals surface area contributed by atoms with E-state index in [-0.39, 0.29) is 17.2 Å². The molecule has 19 heavy (non-hydrogen) atoms. The summed E-state index contributed by atoms with van der Waals surface area (Å²) in [6.45, 7) is 0. The summed E-state index contributed by atoms with van der Waals surface area (Å²) in [7, 11) is -3.37. The summed E-state index contributed by atoms with van der Waals surface area (Å²) in [4.78, 5) is 10.3. The van der Waals surface area contributed by atoms with Crippen molar-refractivity contribution in [2.45, 2.75) is 12.2 Å². The molecule has 0 saturated carbocycles. The largest absolute Gasteiger partial charge is 0.479 e. The number of aliphatic hydroxyl groups excluding tert-OH is 1. The maximum Gasteiger partial charge on any atom is 0.312 e. The number of para-hydroxylation sites is 1. The number of ether oxygens (including phenoxy) is 1. The molecule has 1 aromatic rings. The molecule has 0 amide bonds. The molecular weight excluding hydrogens is 342 g/mol. The maximum absolute atomic E-state index is 11.4. The fraction of sp³-hybridized carbons (Fsp3) is 0.400. The summed E-state index contributed by atoms with van der Waals surface area (Å²) < 4.78 is 28.4. The number of nitro groups is 1. The molecule has 1 N–H and O–H groups in total. The van der Waals surface area contributed by atoms with Crippen LogP contribution in [0.15, 0.2) is 22.7 Å². The monoisotopic (exact) mass is 351 g/mol. The van der Waals surface area contributed by atoms with Gasteiger partial charge in [-0.2, -0.15) is 0 Å². The summed E-state index contributed by atoms with van der Waals surface area (Å²) in [5.41, 5.74) is -0.286. The Morgan fingerprint density at radius 2 is 2.11 bits per heavy atom. The number of rotatable bonds is 3. The predicted molar refractivity (Wildman–Crippen MR) is 69.9 cm³/mol. The molecule has 104 valence electrons. The van der Waals surface area contributed by atoms with E-state index >= 15 is 0 Å². The van der Waals surface area contributed by atoms with E-state index in [9.17, 15) is 23.6 Å². The van der Waals surface area contributed by atoms with Gasteiger partial charge in [0.15, 0.2) is 9.84 Å². The van der Waals surface area contributed by atoms with Crippen LogP contribution >= 0.6 is 15.9 Å². The molecule has 0 bridgehead atoms. The van der Waals surface area contributed by atoms with Crippen LogP contribution in [-0.2, 0) is 9.84 Å². The molecule has 0 spiro atoms. The lowest BCUT2D eigenvalue weighted by Gasteiger charge is -2.16. The molecule has 1 aromatic carbocycles. The number of nitrogens with zero attached hydrogens (tertiary/aromatic N) is 1. The minimum atomic E-state index is -3.37. The number of sulfone groups is 1. The first-order chi connectivity index (χ1) is 8.80. The minimum absolute atomic E-state index is 0.0753. The van der Waals surface area contributed by atoms with Crippen LogP contribution in [0.4, 0.5) is 5.69 Å². The molecular formula is C10H10BrNO6S. The Morgan fingerprint density at radius 1 is 1.42 bits per heavy atom. The highest BCUT2D eigenvalue weighted by Crippen LogP contribution is 2.36. The van der Waals surface area contributed by atoms with E-state index in [4.69, 9.17) is 4.74 Å². The second-order valence-electron chi connectivity index (χ2n) is 4.15. The van der Waals surface area contributed by atoms with Crippen LogP contribution in [0.1, 0.15) is 0 Å². The molecule has 2 atom stereocenters. The maximum atomic E-state index is 11.4. The molecule has 1 aliphatic rings. The summed E-state index contributed by atoms with van der Waals surface area (Å²) >= 11 is 3.11. The van der Waals surface area contributed by atoms with Crippen LogP contribution in [0, 0.1) is 10.1 Å². The quantitative estimate of drug-likeness (QED) is 0.640. The smallest absolute Gasteiger partial charge is 0.312 e. The molecule has 1 aliphatic heterocycles. The molecule has 0 radical (unpaired) electrons. The van der Waals surface area contributed by atoms with Crippen molar-refractivity contribution in [2.75, 3.05) is 11.5 Å². The second-order valence-corrected chi connectivity index (χ2v) is 7.15. The van der Waals surface area contributed by atoms with Gasteiger partial charge in [-0.15, -0.1) is 0 Å². The molecule has 2 unspecified atom stereocenters. The van der Waals surface area contributed by atoms with Crippen molar-refractivity contribution in [3.8, 4) is 5.75 Å². The van der Waals surface area contributed by atoms with Crippen molar-refractivity contribution in [3.63, 3.8) is 0 Å². The number of benzene rings is 1. The highest BCUT2D eigenvalue weighted by Gasteiger charge is 2.39. The highest BCUT2D eigenvalue weighted by atomic mass is 79.9. The van der Waals surface area contributed by atoms with Crippen LogP contribution in [0.5, 0.6) is 5.75 Å². The van der Waals surface area contributed by atoms with Gasteiger partial charge < -0.3 is 9.84 Å². The van der Waals surface area contributed by atoms with Crippen LogP contribution in [-0.4, -0.2) is 42.2 Å². The molecule has 0 aliphatic carbocycles. The average Bonchev–Trinajstić information content (AvgIpc) is 2.54. The zero-order valence-electron chi connectivity index (χ0n) is 9.52. The van der Waals surface area contributed by atoms with Crippen LogP contribution in [0.25, 0.3) is 0 Å². The van der Waals surface area contributed by atoms with Gasteiger partial charge in [0.05, 0.1) is 20.9 Å². The van der Waals surface area contributed by atoms with Crippen LogP contribution in [0.3, 0.4) is 0 Å². The van der Waals surface area contributed by atoms with Gasteiger partial charge in [-0.25, -0.2) is 8.42 Å². The van der Waals surface area contributed by atoms with Crippen molar-refractivity contribution in [2.24, 2.45) is 0 Å². The van der Waals surface area contributed by atoms with Gasteiger partial charge in [0.1, 0.15) is 12.2 Å². The number of nitro benzene ring substituents is 1. The minimum Gasteiger partial charge on any atom is -0.479 e. The standard InChI is InChI=1S/C10H10BrNO6S/c11-6-2-1-3-7(12(14)15)10(6)18-9-5-19(16,17)4-8(9)13/h1-3,8-9,13H,4-5H2. The van der Waals surface area contributed by atoms with Gasteiger partial charge in [-0.1, -0.05) is 6.07 Å². The molecule has 0 aromatic heterocycles. The first-order valence-electron chi connectivity index (χ1n) is 5.28. The lowest BCUT2D eigenvalue weighted by atomic mass is 10.2. The Labute approximate surface area is 117 Å². The first kappa shape index (κ1) is 14.2. The van der Waals surface area contributed by atoms with Gasteiger partial charge in [-0.3, -0.25) is 10.1 Å². The Hall–Kier alpha value is -1.19. The molecule has 1 fully saturated rings. The van der Waals surface area contributed by atoms with Gasteiger partial charge in [0, 0.05) is 6.07 Å². The van der Waals surface area contributed by atoms with Crippen molar-refractivity contribution in [1.82, 2.24) is 0 Å². The molecule has 7 nitrogen and oxygen atoms in total. The van der Waals surface area contributed by atoms with E-state index in [1.54, 1.807) is 0 Å². The van der Waals surface area contributed by atoms with Crippen LogP contribution in [0.2, 0.25) is 0 Å². The fourth-order valence-corrected chi connectivity index (χ4v) is 3.93. The molecule has 1 heterocycles. The van der Waals surface area contributed by atoms with Crippen molar-refractivity contribution in [3.05, 3.63) is 32.8 Å². The number of halogens is 1. The first-order valence-corrected chi connectivity index (χ1v) is 7.89. The Kier molecular flexibility index (Phi) is 3.79. The summed E-state index contributed by atoms with van der Waals surface area (Å²) in [6, 6.07) is 4.25. The third kappa shape index (κ3) is 3.04. The summed E-state index contributed by atoms with van der Waals surface area (Å²) in [5.74, 6) is -0.823. The van der Waals surface area contributed by atoms with Crippen molar-refractivity contribution in [1.29, 1.82) is 0 Å². The zero-order chi connectivity index (χ0) is 14.2. The van der Waals surface area contributed by atoms with Gasteiger partial charge in [-0.05, 0) is 22.0 Å². The molecule has 2 rings (SSSR count). The van der Waals surface area contributed by atoms with E-state index in [0.29, 0.717) is 4.47 Å². The second kappa shape index (κ2) is 5.06. The van der Waals surface area contributed by atoms with Crippen LogP contribution < -0.4 is 4.74 Å². The average molecular weight is 352 g/mol. The summed E-state index contributed by atoms with van der Waals surface area (Å²) in [6.07, 6.45) is -2.18. The van der Waals surface area contributed by atoms with Crippen molar-refractivity contribution >= 4 is 31.5 Å². The normalized spacial score (nSPS) is 25.2.